The zero-order valence-electron chi connectivity index (χ0n) is 52.2. The first-order valence-electron chi connectivity index (χ1n) is 30.6. The zero-order valence-corrected chi connectivity index (χ0v) is 52.2. The SMILES string of the molecule is CC(=O)NC1[C@H](OC2C(O)[C@H](O)[C@@H](CO)O[C@@H]2OC2[C@H](O)C(CO)O[C@@H](O[C@@H]3C(CO)O[C@@H](O[C@@H]4C(CO)O[C@@H](C)[C@@H](NC(C)=O)C4O)[C@@H](NC(C)=O)C3O)[C@@H]2O)OC(CO)[C@@H](O[C@@H]2OC(CO[C@]3(C(=O)O)C[C@@H](O)[C@@H](NC(C)=O)C([C@H](O)[C@H](O)CO)O3)[C@H](O)C(O)[C@@H]2O)[C@@H]1O. The molecule has 7 aliphatic heterocycles. The minimum atomic E-state index is -3.03. The van der Waals surface area contributed by atoms with Crippen LogP contribution in [0.2, 0.25) is 0 Å². The summed E-state index contributed by atoms with van der Waals surface area (Å²) in [6, 6.07) is -6.41. The van der Waals surface area contributed by atoms with Gasteiger partial charge in [-0.2, -0.15) is 0 Å². The van der Waals surface area contributed by atoms with Gasteiger partial charge in [-0.3, -0.25) is 19.2 Å². The summed E-state index contributed by atoms with van der Waals surface area (Å²) in [6.07, 6.45) is -62.6. The summed E-state index contributed by atoms with van der Waals surface area (Å²) in [5.41, 5.74) is 0. The van der Waals surface area contributed by atoms with E-state index in [1.165, 1.54) is 6.92 Å². The average molecular weight is 1400 g/mol. The monoisotopic (exact) mass is 1400 g/mol. The number of aliphatic hydroxyl groups is 19. The lowest BCUT2D eigenvalue weighted by Crippen LogP contribution is -2.70. The number of carbonyl (C=O) groups is 5. The smallest absolute Gasteiger partial charge is 0.364 e. The predicted molar refractivity (Wildman–Crippen MR) is 299 cm³/mol. The zero-order chi connectivity index (χ0) is 71.3. The Morgan fingerprint density at radius 2 is 0.812 bits per heavy atom. The molecule has 4 amide bonds. The summed E-state index contributed by atoms with van der Waals surface area (Å²) in [4.78, 5) is 62.5. The third-order valence-corrected chi connectivity index (χ3v) is 17.4. The lowest BCUT2D eigenvalue weighted by molar-refractivity contribution is -0.395. The number of nitrogens with one attached hydrogen (secondary N) is 4. The summed E-state index contributed by atoms with van der Waals surface area (Å²) in [6.45, 7) is -1.82. The molecule has 42 heteroatoms. The molecule has 0 aromatic rings. The molecule has 7 saturated heterocycles. The molecule has 0 radical (unpaired) electrons. The predicted octanol–water partition coefficient (Wildman–Crippen LogP) is -15.4. The summed E-state index contributed by atoms with van der Waals surface area (Å²) >= 11 is 0. The topological polar surface area (TPSA) is 658 Å². The van der Waals surface area contributed by atoms with Crippen LogP contribution in [0.3, 0.4) is 0 Å². The Balaban J connectivity index is 1.10. The van der Waals surface area contributed by atoms with Crippen molar-refractivity contribution in [3.63, 3.8) is 0 Å². The fourth-order valence-corrected chi connectivity index (χ4v) is 12.4. The number of ether oxygens (including phenoxy) is 13. The van der Waals surface area contributed by atoms with E-state index in [-0.39, 0.29) is 0 Å². The summed E-state index contributed by atoms with van der Waals surface area (Å²) in [7, 11) is 0. The van der Waals surface area contributed by atoms with Crippen molar-refractivity contribution in [2.45, 2.75) is 261 Å². The molecule has 0 aromatic carbocycles. The van der Waals surface area contributed by atoms with Gasteiger partial charge in [0.2, 0.25) is 23.6 Å². The van der Waals surface area contributed by atoms with Gasteiger partial charge in [0.25, 0.3) is 5.79 Å². The van der Waals surface area contributed by atoms with Gasteiger partial charge in [0.05, 0.1) is 70.5 Å². The van der Waals surface area contributed by atoms with Crippen molar-refractivity contribution in [3.8, 4) is 0 Å². The number of aliphatic hydroxyl groups excluding tert-OH is 19. The highest BCUT2D eigenvalue weighted by Crippen LogP contribution is 2.39. The Bertz CT molecular complexity index is 2540. The van der Waals surface area contributed by atoms with E-state index < -0.39 is 302 Å². The lowest BCUT2D eigenvalue weighted by atomic mass is 9.88. The molecule has 0 aromatic heterocycles. The molecule has 7 fully saturated rings. The number of rotatable bonds is 26. The maximum Gasteiger partial charge on any atom is 0.364 e. The van der Waals surface area contributed by atoms with Crippen molar-refractivity contribution in [2.75, 3.05) is 46.2 Å². The number of amides is 4. The van der Waals surface area contributed by atoms with Crippen LogP contribution >= 0.6 is 0 Å². The van der Waals surface area contributed by atoms with Gasteiger partial charge in [0, 0.05) is 34.1 Å². The normalized spacial score (nSPS) is 46.0. The van der Waals surface area contributed by atoms with Gasteiger partial charge in [-0.1, -0.05) is 0 Å². The van der Waals surface area contributed by atoms with Gasteiger partial charge in [-0.05, 0) is 6.92 Å². The highest BCUT2D eigenvalue weighted by Gasteiger charge is 2.61. The highest BCUT2D eigenvalue weighted by atomic mass is 16.8. The highest BCUT2D eigenvalue weighted by molar-refractivity contribution is 5.77. The second-order valence-electron chi connectivity index (χ2n) is 24.3. The van der Waals surface area contributed by atoms with Crippen molar-refractivity contribution < 1.29 is 188 Å². The molecule has 42 nitrogen and oxygen atoms in total. The minimum absolute atomic E-state index is 0.576. The molecule has 24 N–H and O–H groups in total. The van der Waals surface area contributed by atoms with Gasteiger partial charge < -0.3 is 185 Å². The molecule has 0 spiro atoms. The molecule has 0 saturated carbocycles. The fourth-order valence-electron chi connectivity index (χ4n) is 12.4. The van der Waals surface area contributed by atoms with Crippen molar-refractivity contribution in [1.29, 1.82) is 0 Å². The summed E-state index contributed by atoms with van der Waals surface area (Å²) in [5.74, 6) is -8.18. The van der Waals surface area contributed by atoms with Crippen LogP contribution in [0.4, 0.5) is 0 Å². The molecule has 96 heavy (non-hydrogen) atoms. The van der Waals surface area contributed by atoms with Crippen molar-refractivity contribution in [2.24, 2.45) is 0 Å². The van der Waals surface area contributed by atoms with Gasteiger partial charge in [-0.15, -0.1) is 0 Å². The first-order chi connectivity index (χ1) is 45.2. The Hall–Kier alpha value is -3.93. The maximum atomic E-state index is 12.9. The third kappa shape index (κ3) is 17.5. The number of hydrogen-bond acceptors (Lipinski definition) is 37. The Morgan fingerprint density at radius 3 is 1.29 bits per heavy atom. The van der Waals surface area contributed by atoms with E-state index in [0.29, 0.717) is 0 Å². The molecular weight excluding hydrogens is 1310 g/mol. The van der Waals surface area contributed by atoms with E-state index in [9.17, 15) is 126 Å². The van der Waals surface area contributed by atoms with Gasteiger partial charge in [0.15, 0.2) is 31.5 Å². The molecule has 0 aliphatic carbocycles. The number of carboxylic acids is 1. The number of aliphatic carboxylic acids is 1. The van der Waals surface area contributed by atoms with Crippen molar-refractivity contribution in [3.05, 3.63) is 0 Å². The second-order valence-corrected chi connectivity index (χ2v) is 24.3. The van der Waals surface area contributed by atoms with Crippen LogP contribution in [0.25, 0.3) is 0 Å². The van der Waals surface area contributed by atoms with Crippen LogP contribution in [0.1, 0.15) is 41.0 Å². The molecule has 36 atom stereocenters. The Kier molecular flexibility index (Phi) is 28.2. The second kappa shape index (κ2) is 34.2. The molecule has 554 valence electrons. The van der Waals surface area contributed by atoms with Gasteiger partial charge in [-0.25, -0.2) is 4.79 Å². The Labute approximate surface area is 544 Å². The number of carboxylic acid groups (broad SMARTS) is 1. The standard InChI is InChI=1S/C54H90N4O38/c1-14-27(55-15(2)65)35(75)42(23(10-62)85-14)91-48-29(57-17(4)67)36(76)44(25(12-64)88-48)93-51-41(81)46(34(74)22(9-61)86-51)94-52-47(39(79)32(72)21(8-60)87-52)95-49-30(58-18(5)68)37(77)43(24(11-63)89-49)92-50-40(80)38(78)33(73)26(90-50)13-84-54(53(82)83)6-19(69)28(56-16(3)66)45(96-54)31(71)20(70)7-59/h14,19-52,59-64,69-81H,6-13H2,1-5H3,(H,55,65)(H,56,66)(H,57,67)(H,58,68)(H,82,83)/t14-,19+,20+,21+,22?,23?,24?,25?,26?,27+,28+,29-,30?,31+,32+,33-,34+,35?,36?,37+,38?,39?,40-,41+,42+,43+,44+,45?,46?,47?,48-,49-,50-,51-,52+,54+/m0/s1. The number of carbonyl (C=O) groups excluding carboxylic acids is 4. The maximum absolute atomic E-state index is 12.9. The van der Waals surface area contributed by atoms with Gasteiger partial charge in [0.1, 0.15) is 159 Å². The van der Waals surface area contributed by atoms with Crippen LogP contribution in [-0.4, -0.2) is 398 Å². The number of hydrogen-bond donors (Lipinski definition) is 24. The first kappa shape index (κ1) is 79.4. The van der Waals surface area contributed by atoms with Crippen LogP contribution in [0.5, 0.6) is 0 Å². The Morgan fingerprint density at radius 1 is 0.427 bits per heavy atom. The van der Waals surface area contributed by atoms with Crippen LogP contribution in [-0.2, 0) is 85.6 Å². The van der Waals surface area contributed by atoms with E-state index >= 15 is 0 Å². The largest absolute Gasteiger partial charge is 0.477 e. The summed E-state index contributed by atoms with van der Waals surface area (Å²) in [5, 5.41) is 229. The van der Waals surface area contributed by atoms with E-state index in [4.69, 9.17) is 61.6 Å². The van der Waals surface area contributed by atoms with Gasteiger partial charge >= 0.3 is 5.97 Å². The van der Waals surface area contributed by atoms with Crippen LogP contribution < -0.4 is 21.3 Å². The van der Waals surface area contributed by atoms with E-state index in [2.05, 4.69) is 21.3 Å². The van der Waals surface area contributed by atoms with Crippen LogP contribution in [0.15, 0.2) is 0 Å². The van der Waals surface area contributed by atoms with E-state index in [1.807, 2.05) is 0 Å². The summed E-state index contributed by atoms with van der Waals surface area (Å²) < 4.78 is 76.1. The third-order valence-electron chi connectivity index (χ3n) is 17.4. The minimum Gasteiger partial charge on any atom is -0.477 e. The average Bonchev–Trinajstić information content (AvgIpc) is 0.776. The van der Waals surface area contributed by atoms with Crippen molar-refractivity contribution >= 4 is 29.6 Å². The first-order valence-corrected chi connectivity index (χ1v) is 30.6. The molecule has 7 aliphatic rings. The van der Waals surface area contributed by atoms with E-state index in [0.717, 1.165) is 27.7 Å². The lowest BCUT2D eigenvalue weighted by Gasteiger charge is -2.51. The fraction of sp³-hybridized carbons (Fsp3) is 0.907. The van der Waals surface area contributed by atoms with Crippen LogP contribution in [0, 0.1) is 0 Å². The molecule has 7 heterocycles. The molecule has 0 bridgehead atoms. The quantitative estimate of drug-likeness (QED) is 0.0382. The molecule has 13 unspecified atom stereocenters. The molecule has 7 rings (SSSR count). The van der Waals surface area contributed by atoms with E-state index in [1.54, 1.807) is 0 Å². The molecular formula is C54H90N4O38. The van der Waals surface area contributed by atoms with Crippen molar-refractivity contribution in [1.82, 2.24) is 21.3 Å².